The van der Waals surface area contributed by atoms with E-state index in [1.165, 1.54) is 27.1 Å². The highest BCUT2D eigenvalue weighted by molar-refractivity contribution is 7.98. The third-order valence-electron chi connectivity index (χ3n) is 4.14. The van der Waals surface area contributed by atoms with Gasteiger partial charge in [-0.3, -0.25) is 0 Å². The summed E-state index contributed by atoms with van der Waals surface area (Å²) in [6.07, 6.45) is 1.02. The van der Waals surface area contributed by atoms with E-state index < -0.39 is 0 Å². The molecule has 0 aliphatic carbocycles. The Morgan fingerprint density at radius 1 is 1.08 bits per heavy atom. The van der Waals surface area contributed by atoms with Gasteiger partial charge in [0.2, 0.25) is 0 Å². The monoisotopic (exact) mass is 340 g/mol. The summed E-state index contributed by atoms with van der Waals surface area (Å²) in [6, 6.07) is 16.8. The van der Waals surface area contributed by atoms with E-state index in [4.69, 9.17) is 4.74 Å². The van der Waals surface area contributed by atoms with Gasteiger partial charge in [0.25, 0.3) is 0 Å². The third kappa shape index (κ3) is 3.94. The molecule has 4 heteroatoms. The quantitative estimate of drug-likeness (QED) is 0.639. The number of fused-ring (bicyclic) bond motifs is 1. The molecular formula is C20H24N2OS. The van der Waals surface area contributed by atoms with Crippen LogP contribution >= 0.6 is 11.8 Å². The van der Waals surface area contributed by atoms with Gasteiger partial charge in [0.05, 0.1) is 7.11 Å². The molecule has 0 atom stereocenters. The van der Waals surface area contributed by atoms with Gasteiger partial charge in [-0.05, 0) is 50.0 Å². The number of H-pyrrole nitrogens is 1. The number of ether oxygens (including phenoxy) is 1. The number of thioether (sulfide) groups is 1. The van der Waals surface area contributed by atoms with E-state index in [0.717, 1.165) is 24.5 Å². The Morgan fingerprint density at radius 3 is 2.58 bits per heavy atom. The first kappa shape index (κ1) is 16.9. The SMILES string of the molecule is COc1ccc2[nH]c(CCN(C)C)c(CSc3ccccc3)c2c1. The molecule has 3 rings (SSSR count). The van der Waals surface area contributed by atoms with Gasteiger partial charge in [-0.15, -0.1) is 11.8 Å². The largest absolute Gasteiger partial charge is 0.497 e. The number of nitrogens with zero attached hydrogens (tertiary/aromatic N) is 1. The summed E-state index contributed by atoms with van der Waals surface area (Å²) in [5, 5.41) is 1.27. The minimum Gasteiger partial charge on any atom is -0.497 e. The van der Waals surface area contributed by atoms with Crippen molar-refractivity contribution in [3.63, 3.8) is 0 Å². The molecule has 0 unspecified atom stereocenters. The number of hydrogen-bond acceptors (Lipinski definition) is 3. The van der Waals surface area contributed by atoms with Crippen LogP contribution in [0.1, 0.15) is 11.3 Å². The van der Waals surface area contributed by atoms with Crippen molar-refractivity contribution < 1.29 is 4.74 Å². The van der Waals surface area contributed by atoms with Gasteiger partial charge in [0, 0.05) is 40.2 Å². The molecule has 0 radical (unpaired) electrons. The summed E-state index contributed by atoms with van der Waals surface area (Å²) in [7, 11) is 5.95. The number of methoxy groups -OCH3 is 1. The minimum absolute atomic E-state index is 0.909. The lowest BCUT2D eigenvalue weighted by atomic mass is 10.1. The zero-order chi connectivity index (χ0) is 16.9. The molecule has 126 valence electrons. The molecule has 3 nitrogen and oxygen atoms in total. The zero-order valence-corrected chi connectivity index (χ0v) is 15.3. The molecule has 0 amide bonds. The highest BCUT2D eigenvalue weighted by atomic mass is 32.2. The summed E-state index contributed by atoms with van der Waals surface area (Å²) in [6.45, 7) is 1.03. The van der Waals surface area contributed by atoms with Crippen LogP contribution < -0.4 is 4.74 Å². The lowest BCUT2D eigenvalue weighted by Crippen LogP contribution is -2.15. The van der Waals surface area contributed by atoms with Crippen molar-refractivity contribution in [3.05, 3.63) is 59.8 Å². The molecule has 0 saturated carbocycles. The topological polar surface area (TPSA) is 28.3 Å². The predicted octanol–water partition coefficient (Wildman–Crippen LogP) is 4.57. The average Bonchev–Trinajstić information content (AvgIpc) is 2.95. The van der Waals surface area contributed by atoms with E-state index >= 15 is 0 Å². The maximum atomic E-state index is 5.42. The van der Waals surface area contributed by atoms with E-state index in [-0.39, 0.29) is 0 Å². The highest BCUT2D eigenvalue weighted by Crippen LogP contribution is 2.32. The molecule has 24 heavy (non-hydrogen) atoms. The van der Waals surface area contributed by atoms with Crippen LogP contribution in [-0.4, -0.2) is 37.6 Å². The summed E-state index contributed by atoms with van der Waals surface area (Å²) >= 11 is 1.88. The Labute approximate surface area is 148 Å². The second-order valence-electron chi connectivity index (χ2n) is 6.15. The smallest absolute Gasteiger partial charge is 0.119 e. The fourth-order valence-corrected chi connectivity index (χ4v) is 3.79. The summed E-state index contributed by atoms with van der Waals surface area (Å²) in [5.41, 5.74) is 3.91. The maximum Gasteiger partial charge on any atom is 0.119 e. The minimum atomic E-state index is 0.909. The van der Waals surface area contributed by atoms with Crippen molar-refractivity contribution >= 4 is 22.7 Å². The average molecular weight is 340 g/mol. The Morgan fingerprint density at radius 2 is 1.88 bits per heavy atom. The van der Waals surface area contributed by atoms with E-state index in [9.17, 15) is 0 Å². The highest BCUT2D eigenvalue weighted by Gasteiger charge is 2.13. The zero-order valence-electron chi connectivity index (χ0n) is 14.5. The second-order valence-corrected chi connectivity index (χ2v) is 7.20. The number of likely N-dealkylation sites (N-methyl/N-ethyl adjacent to an activating group) is 1. The van der Waals surface area contributed by atoms with Crippen LogP contribution in [0.3, 0.4) is 0 Å². The van der Waals surface area contributed by atoms with Crippen molar-refractivity contribution in [2.24, 2.45) is 0 Å². The first-order valence-electron chi connectivity index (χ1n) is 8.17. The van der Waals surface area contributed by atoms with Gasteiger partial charge in [-0.2, -0.15) is 0 Å². The molecule has 2 aromatic carbocycles. The van der Waals surface area contributed by atoms with Crippen LogP contribution in [0.4, 0.5) is 0 Å². The van der Waals surface area contributed by atoms with E-state index in [1.807, 2.05) is 17.8 Å². The molecule has 1 N–H and O–H groups in total. The number of rotatable bonds is 7. The Balaban J connectivity index is 1.92. The number of aromatic amines is 1. The molecule has 0 saturated heterocycles. The second kappa shape index (κ2) is 7.77. The van der Waals surface area contributed by atoms with Crippen molar-refractivity contribution in [3.8, 4) is 5.75 Å². The van der Waals surface area contributed by atoms with E-state index in [0.29, 0.717) is 0 Å². The van der Waals surface area contributed by atoms with Gasteiger partial charge in [-0.25, -0.2) is 0 Å². The molecule has 0 bridgehead atoms. The van der Waals surface area contributed by atoms with Crippen LogP contribution in [-0.2, 0) is 12.2 Å². The van der Waals surface area contributed by atoms with Gasteiger partial charge >= 0.3 is 0 Å². The lowest BCUT2D eigenvalue weighted by molar-refractivity contribution is 0.412. The van der Waals surface area contributed by atoms with E-state index in [1.54, 1.807) is 7.11 Å². The third-order valence-corrected chi connectivity index (χ3v) is 5.18. The van der Waals surface area contributed by atoms with Crippen molar-refractivity contribution in [2.75, 3.05) is 27.7 Å². The molecule has 0 aliphatic rings. The van der Waals surface area contributed by atoms with Crippen molar-refractivity contribution in [1.29, 1.82) is 0 Å². The van der Waals surface area contributed by atoms with Crippen molar-refractivity contribution in [1.82, 2.24) is 9.88 Å². The molecule has 0 spiro atoms. The Bertz CT molecular complexity index is 796. The molecule has 0 aliphatic heterocycles. The lowest BCUT2D eigenvalue weighted by Gasteiger charge is -2.10. The number of aromatic nitrogens is 1. The molecule has 0 fully saturated rings. The van der Waals surface area contributed by atoms with Crippen LogP contribution in [0.15, 0.2) is 53.4 Å². The Hall–Kier alpha value is -1.91. The maximum absolute atomic E-state index is 5.42. The standard InChI is InChI=1S/C20H24N2OS/c1-22(2)12-11-20-18(14-24-16-7-5-4-6-8-16)17-13-15(23-3)9-10-19(17)21-20/h4-10,13,21H,11-12,14H2,1-3H3. The Kier molecular flexibility index (Phi) is 5.48. The van der Waals surface area contributed by atoms with Gasteiger partial charge < -0.3 is 14.6 Å². The number of benzene rings is 2. The molecular weight excluding hydrogens is 316 g/mol. The molecule has 1 aromatic heterocycles. The van der Waals surface area contributed by atoms with Crippen LogP contribution in [0.25, 0.3) is 10.9 Å². The first-order chi connectivity index (χ1) is 11.7. The normalized spacial score (nSPS) is 11.3. The van der Waals surface area contributed by atoms with Gasteiger partial charge in [-0.1, -0.05) is 18.2 Å². The van der Waals surface area contributed by atoms with Crippen LogP contribution in [0.2, 0.25) is 0 Å². The van der Waals surface area contributed by atoms with Crippen LogP contribution in [0, 0.1) is 0 Å². The van der Waals surface area contributed by atoms with Crippen molar-refractivity contribution in [2.45, 2.75) is 17.1 Å². The summed E-state index contributed by atoms with van der Waals surface area (Å²) < 4.78 is 5.42. The first-order valence-corrected chi connectivity index (χ1v) is 9.16. The number of hydrogen-bond donors (Lipinski definition) is 1. The van der Waals surface area contributed by atoms with Crippen LogP contribution in [0.5, 0.6) is 5.75 Å². The summed E-state index contributed by atoms with van der Waals surface area (Å²) in [5.74, 6) is 1.87. The predicted molar refractivity (Wildman–Crippen MR) is 103 cm³/mol. The fourth-order valence-electron chi connectivity index (χ4n) is 2.80. The summed E-state index contributed by atoms with van der Waals surface area (Å²) in [4.78, 5) is 7.13. The number of nitrogens with one attached hydrogen (secondary N) is 1. The molecule has 1 heterocycles. The van der Waals surface area contributed by atoms with E-state index in [2.05, 4.69) is 66.4 Å². The van der Waals surface area contributed by atoms with Gasteiger partial charge in [0.1, 0.15) is 5.75 Å². The molecule has 3 aromatic rings. The fraction of sp³-hybridized carbons (Fsp3) is 0.300. The van der Waals surface area contributed by atoms with Gasteiger partial charge in [0.15, 0.2) is 0 Å².